The third-order valence-electron chi connectivity index (χ3n) is 5.75. The van der Waals surface area contributed by atoms with Crippen molar-refractivity contribution in [3.8, 4) is 0 Å². The van der Waals surface area contributed by atoms with Crippen molar-refractivity contribution in [1.82, 2.24) is 4.90 Å². The highest BCUT2D eigenvalue weighted by Gasteiger charge is 2.43. The fourth-order valence-electron chi connectivity index (χ4n) is 3.94. The lowest BCUT2D eigenvalue weighted by Crippen LogP contribution is -2.44. The Morgan fingerprint density at radius 1 is 1.04 bits per heavy atom. The van der Waals surface area contributed by atoms with E-state index in [0.717, 1.165) is 45.2 Å². The van der Waals surface area contributed by atoms with Gasteiger partial charge in [-0.1, -0.05) is 54.6 Å². The Morgan fingerprint density at radius 2 is 1.67 bits per heavy atom. The van der Waals surface area contributed by atoms with E-state index < -0.39 is 5.60 Å². The summed E-state index contributed by atoms with van der Waals surface area (Å²) in [6.07, 6.45) is 4.58. The second-order valence-corrected chi connectivity index (χ2v) is 7.81. The molecule has 0 atom stereocenters. The zero-order chi connectivity index (χ0) is 18.0. The highest BCUT2D eigenvalue weighted by Crippen LogP contribution is 2.42. The van der Waals surface area contributed by atoms with Crippen LogP contribution in [0.2, 0.25) is 0 Å². The van der Waals surface area contributed by atoms with Crippen molar-refractivity contribution in [2.24, 2.45) is 5.92 Å². The molecule has 1 saturated heterocycles. The quantitative estimate of drug-likeness (QED) is 0.706. The topological polar surface area (TPSA) is 29.5 Å². The molecule has 1 aliphatic heterocycles. The summed E-state index contributed by atoms with van der Waals surface area (Å²) in [6.45, 7) is 1.91. The largest absolute Gasteiger partial charge is 0.454 e. The Balaban J connectivity index is 0.00000210. The number of halogens is 1. The highest BCUT2D eigenvalue weighted by atomic mass is 35.5. The van der Waals surface area contributed by atoms with Gasteiger partial charge < -0.3 is 9.64 Å². The van der Waals surface area contributed by atoms with E-state index >= 15 is 0 Å². The third-order valence-corrected chi connectivity index (χ3v) is 5.75. The van der Waals surface area contributed by atoms with E-state index in [9.17, 15) is 4.79 Å². The molecule has 3 nitrogen and oxygen atoms in total. The summed E-state index contributed by atoms with van der Waals surface area (Å²) < 4.78 is 6.25. The van der Waals surface area contributed by atoms with Crippen LogP contribution in [0.1, 0.15) is 42.4 Å². The monoisotopic (exact) mass is 385 g/mol. The van der Waals surface area contributed by atoms with Crippen molar-refractivity contribution in [3.63, 3.8) is 0 Å². The fraction of sp³-hybridized carbons (Fsp3) is 0.435. The molecule has 4 heteroatoms. The molecule has 0 aromatic heterocycles. The number of esters is 1. The zero-order valence-electron chi connectivity index (χ0n) is 15.9. The van der Waals surface area contributed by atoms with Gasteiger partial charge in [0.25, 0.3) is 0 Å². The van der Waals surface area contributed by atoms with Gasteiger partial charge in [0.15, 0.2) is 0 Å². The number of likely N-dealkylation sites (tertiary alicyclic amines) is 1. The van der Waals surface area contributed by atoms with Crippen LogP contribution in [-0.2, 0) is 21.6 Å². The van der Waals surface area contributed by atoms with Crippen molar-refractivity contribution in [3.05, 3.63) is 71.3 Å². The molecule has 2 aromatic carbocycles. The number of rotatable bonds is 5. The first-order chi connectivity index (χ1) is 12.7. The molecule has 2 aromatic rings. The number of nitrogens with zero attached hydrogens (tertiary/aromatic N) is 1. The maximum absolute atomic E-state index is 12.6. The minimum atomic E-state index is -0.475. The molecule has 0 amide bonds. The first kappa shape index (κ1) is 19.9. The van der Waals surface area contributed by atoms with Crippen molar-refractivity contribution >= 4 is 18.4 Å². The van der Waals surface area contributed by atoms with Crippen molar-refractivity contribution in [2.45, 2.75) is 37.7 Å². The maximum Gasteiger partial charge on any atom is 0.309 e. The van der Waals surface area contributed by atoms with E-state index in [0.29, 0.717) is 0 Å². The molecule has 27 heavy (non-hydrogen) atoms. The SMILES string of the molecule is CN1CCC(OC(=O)C2CC2)(c2ccccc2Cc2ccccc2)CC1.Cl. The molecule has 1 aliphatic carbocycles. The molecule has 144 valence electrons. The van der Waals surface area contributed by atoms with E-state index in [1.54, 1.807) is 0 Å². The maximum atomic E-state index is 12.6. The molecule has 0 bridgehead atoms. The predicted molar refractivity (Wildman–Crippen MR) is 110 cm³/mol. The molecule has 0 N–H and O–H groups in total. The van der Waals surface area contributed by atoms with Gasteiger partial charge >= 0.3 is 5.97 Å². The number of hydrogen-bond acceptors (Lipinski definition) is 3. The molecule has 1 saturated carbocycles. The molecular formula is C23H28ClNO2. The predicted octanol–water partition coefficient (Wildman–Crippen LogP) is 4.57. The van der Waals surface area contributed by atoms with Gasteiger partial charge in [0.1, 0.15) is 5.60 Å². The van der Waals surface area contributed by atoms with Crippen LogP contribution in [-0.4, -0.2) is 31.0 Å². The molecular weight excluding hydrogens is 358 g/mol. The Kier molecular flexibility index (Phi) is 6.23. The van der Waals surface area contributed by atoms with Gasteiger partial charge in [-0.15, -0.1) is 12.4 Å². The van der Waals surface area contributed by atoms with Gasteiger partial charge in [-0.05, 0) is 43.0 Å². The molecule has 2 aliphatic rings. The fourth-order valence-corrected chi connectivity index (χ4v) is 3.94. The average molecular weight is 386 g/mol. The molecule has 2 fully saturated rings. The van der Waals surface area contributed by atoms with Crippen LogP contribution in [0.25, 0.3) is 0 Å². The minimum Gasteiger partial charge on any atom is -0.454 e. The number of carbonyl (C=O) groups excluding carboxylic acids is 1. The number of hydrogen-bond donors (Lipinski definition) is 0. The molecule has 0 unspecified atom stereocenters. The lowest BCUT2D eigenvalue weighted by atomic mass is 9.80. The van der Waals surface area contributed by atoms with Gasteiger partial charge in [-0.25, -0.2) is 0 Å². The summed E-state index contributed by atoms with van der Waals surface area (Å²) in [7, 11) is 2.14. The Hall–Kier alpha value is -1.84. The Morgan fingerprint density at radius 3 is 2.33 bits per heavy atom. The van der Waals surface area contributed by atoms with Crippen molar-refractivity contribution in [1.29, 1.82) is 0 Å². The van der Waals surface area contributed by atoms with Crippen molar-refractivity contribution in [2.75, 3.05) is 20.1 Å². The van der Waals surface area contributed by atoms with E-state index in [1.807, 2.05) is 6.07 Å². The van der Waals surface area contributed by atoms with E-state index in [-0.39, 0.29) is 24.3 Å². The standard InChI is InChI=1S/C23H27NO2.ClH/c1-24-15-13-23(14-16-24,26-22(25)19-11-12-19)21-10-6-5-9-20(21)17-18-7-3-2-4-8-18;/h2-10,19H,11-17H2,1H3;1H. The van der Waals surface area contributed by atoms with Crippen LogP contribution in [0, 0.1) is 5.92 Å². The lowest BCUT2D eigenvalue weighted by molar-refractivity contribution is -0.168. The van der Waals surface area contributed by atoms with Crippen LogP contribution in [0.3, 0.4) is 0 Å². The van der Waals surface area contributed by atoms with Crippen LogP contribution in [0.4, 0.5) is 0 Å². The number of carbonyl (C=O) groups is 1. The van der Waals surface area contributed by atoms with Crippen LogP contribution in [0.5, 0.6) is 0 Å². The first-order valence-corrected chi connectivity index (χ1v) is 9.70. The van der Waals surface area contributed by atoms with Crippen molar-refractivity contribution < 1.29 is 9.53 Å². The smallest absolute Gasteiger partial charge is 0.309 e. The van der Waals surface area contributed by atoms with E-state index in [1.165, 1.54) is 16.7 Å². The van der Waals surface area contributed by atoms with Gasteiger partial charge in [-0.2, -0.15) is 0 Å². The van der Waals surface area contributed by atoms with E-state index in [2.05, 4.69) is 60.5 Å². The summed E-state index contributed by atoms with van der Waals surface area (Å²) in [6, 6.07) is 19.1. The minimum absolute atomic E-state index is 0. The van der Waals surface area contributed by atoms with Gasteiger partial charge in [0, 0.05) is 25.9 Å². The van der Waals surface area contributed by atoms with Gasteiger partial charge in [0.05, 0.1) is 5.92 Å². The van der Waals surface area contributed by atoms with Crippen LogP contribution in [0.15, 0.2) is 54.6 Å². The van der Waals surface area contributed by atoms with E-state index in [4.69, 9.17) is 4.74 Å². The molecule has 1 heterocycles. The second kappa shape index (κ2) is 8.45. The van der Waals surface area contributed by atoms with Crippen LogP contribution < -0.4 is 0 Å². The first-order valence-electron chi connectivity index (χ1n) is 9.70. The number of piperidine rings is 1. The summed E-state index contributed by atoms with van der Waals surface area (Å²) in [5.74, 6) is 0.136. The normalized spacial score (nSPS) is 19.1. The van der Waals surface area contributed by atoms with Gasteiger partial charge in [-0.3, -0.25) is 4.79 Å². The summed E-state index contributed by atoms with van der Waals surface area (Å²) in [5, 5.41) is 0. The molecule has 0 spiro atoms. The zero-order valence-corrected chi connectivity index (χ0v) is 16.7. The number of benzene rings is 2. The highest BCUT2D eigenvalue weighted by molar-refractivity contribution is 5.85. The summed E-state index contributed by atoms with van der Waals surface area (Å²) >= 11 is 0. The summed E-state index contributed by atoms with van der Waals surface area (Å²) in [5.41, 5.74) is 3.28. The van der Waals surface area contributed by atoms with Crippen LogP contribution >= 0.6 is 12.4 Å². The molecule has 0 radical (unpaired) electrons. The van der Waals surface area contributed by atoms with Gasteiger partial charge in [0.2, 0.25) is 0 Å². The molecule has 4 rings (SSSR count). The average Bonchev–Trinajstić information content (AvgIpc) is 3.51. The number of ether oxygens (including phenoxy) is 1. The Bertz CT molecular complexity index is 765. The second-order valence-electron chi connectivity index (χ2n) is 7.81. The Labute approximate surface area is 168 Å². The summed E-state index contributed by atoms with van der Waals surface area (Å²) in [4.78, 5) is 14.9. The lowest BCUT2D eigenvalue weighted by Gasteiger charge is -2.41. The third kappa shape index (κ3) is 4.53.